The van der Waals surface area contributed by atoms with Crippen LogP contribution in [0.1, 0.15) is 5.56 Å². The van der Waals surface area contributed by atoms with Crippen LogP contribution in [0, 0.1) is 6.92 Å². The van der Waals surface area contributed by atoms with Gasteiger partial charge in [0.05, 0.1) is 0 Å². The summed E-state index contributed by atoms with van der Waals surface area (Å²) in [4.78, 5) is 4.32. The minimum atomic E-state index is 0.417. The van der Waals surface area contributed by atoms with Crippen LogP contribution in [0.15, 0.2) is 40.8 Å². The average Bonchev–Trinajstić information content (AvgIpc) is 2.75. The lowest BCUT2D eigenvalue weighted by Gasteiger charge is -2.03. The van der Waals surface area contributed by atoms with E-state index in [-0.39, 0.29) is 0 Å². The molecule has 0 spiro atoms. The smallest absolute Gasteiger partial charge is 0.300 e. The number of oxazole rings is 1. The van der Waals surface area contributed by atoms with E-state index >= 15 is 0 Å². The van der Waals surface area contributed by atoms with E-state index in [1.54, 1.807) is 18.2 Å². The third-order valence-electron chi connectivity index (χ3n) is 2.83. The molecule has 19 heavy (non-hydrogen) atoms. The fraction of sp³-hybridized carbons (Fsp3) is 0.0714. The van der Waals surface area contributed by atoms with E-state index in [0.29, 0.717) is 22.3 Å². The van der Waals surface area contributed by atoms with Crippen LogP contribution in [0.4, 0.5) is 17.4 Å². The molecule has 4 nitrogen and oxygen atoms in total. The summed E-state index contributed by atoms with van der Waals surface area (Å²) >= 11 is 6.07. The number of nitrogens with two attached hydrogens (primary N) is 1. The minimum Gasteiger partial charge on any atom is -0.423 e. The topological polar surface area (TPSA) is 64.1 Å². The van der Waals surface area contributed by atoms with E-state index in [2.05, 4.69) is 10.3 Å². The van der Waals surface area contributed by atoms with Crippen molar-refractivity contribution in [2.45, 2.75) is 6.92 Å². The molecule has 1 aromatic heterocycles. The van der Waals surface area contributed by atoms with Crippen molar-refractivity contribution in [3.8, 4) is 0 Å². The van der Waals surface area contributed by atoms with Crippen LogP contribution < -0.4 is 11.1 Å². The maximum atomic E-state index is 6.07. The molecule has 0 saturated heterocycles. The number of halogens is 1. The number of aryl methyl sites for hydroxylation is 1. The predicted octanol–water partition coefficient (Wildman–Crippen LogP) is 4.12. The van der Waals surface area contributed by atoms with Gasteiger partial charge in [-0.25, -0.2) is 0 Å². The van der Waals surface area contributed by atoms with Gasteiger partial charge >= 0.3 is 0 Å². The van der Waals surface area contributed by atoms with Crippen LogP contribution in [0.3, 0.4) is 0 Å². The lowest BCUT2D eigenvalue weighted by molar-refractivity contribution is 0.623. The Bertz CT molecular complexity index is 752. The highest BCUT2D eigenvalue weighted by atomic mass is 35.5. The zero-order valence-corrected chi connectivity index (χ0v) is 11.0. The minimum absolute atomic E-state index is 0.417. The molecule has 0 fully saturated rings. The fourth-order valence-electron chi connectivity index (χ4n) is 1.79. The first-order chi connectivity index (χ1) is 9.11. The summed E-state index contributed by atoms with van der Waals surface area (Å²) < 4.78 is 5.58. The van der Waals surface area contributed by atoms with Crippen molar-refractivity contribution in [3.63, 3.8) is 0 Å². The number of nitrogens with zero attached hydrogens (tertiary/aromatic N) is 1. The second-order valence-corrected chi connectivity index (χ2v) is 4.74. The summed E-state index contributed by atoms with van der Waals surface area (Å²) in [6, 6.07) is 11.5. The van der Waals surface area contributed by atoms with E-state index in [9.17, 15) is 0 Å². The molecule has 0 radical (unpaired) electrons. The van der Waals surface area contributed by atoms with Gasteiger partial charge in [0.25, 0.3) is 6.01 Å². The van der Waals surface area contributed by atoms with Gasteiger partial charge in [-0.1, -0.05) is 17.7 Å². The van der Waals surface area contributed by atoms with Crippen molar-refractivity contribution in [1.29, 1.82) is 0 Å². The molecule has 3 rings (SSSR count). The van der Waals surface area contributed by atoms with Crippen molar-refractivity contribution >= 4 is 40.1 Å². The van der Waals surface area contributed by atoms with E-state index in [4.69, 9.17) is 21.8 Å². The summed E-state index contributed by atoms with van der Waals surface area (Å²) in [6.45, 7) is 1.95. The molecule has 0 unspecified atom stereocenters. The van der Waals surface area contributed by atoms with E-state index in [1.165, 1.54) is 0 Å². The van der Waals surface area contributed by atoms with Crippen molar-refractivity contribution < 1.29 is 4.42 Å². The second-order valence-electron chi connectivity index (χ2n) is 4.34. The van der Waals surface area contributed by atoms with Crippen molar-refractivity contribution in [2.75, 3.05) is 11.1 Å². The Morgan fingerprint density at radius 3 is 2.84 bits per heavy atom. The highest BCUT2D eigenvalue weighted by Crippen LogP contribution is 2.26. The van der Waals surface area contributed by atoms with Gasteiger partial charge in [-0.15, -0.1) is 0 Å². The normalized spacial score (nSPS) is 10.8. The van der Waals surface area contributed by atoms with Crippen molar-refractivity contribution in [2.24, 2.45) is 0 Å². The maximum absolute atomic E-state index is 6.07. The van der Waals surface area contributed by atoms with Gasteiger partial charge in [0, 0.05) is 16.4 Å². The quantitative estimate of drug-likeness (QED) is 0.690. The summed E-state index contributed by atoms with van der Waals surface area (Å²) in [5.41, 5.74) is 9.63. The molecule has 0 aliphatic heterocycles. The van der Waals surface area contributed by atoms with Gasteiger partial charge < -0.3 is 15.5 Å². The van der Waals surface area contributed by atoms with E-state index < -0.39 is 0 Å². The zero-order chi connectivity index (χ0) is 13.4. The van der Waals surface area contributed by atoms with Gasteiger partial charge in [-0.05, 0) is 42.8 Å². The Kier molecular flexibility index (Phi) is 2.80. The molecule has 0 aliphatic carbocycles. The van der Waals surface area contributed by atoms with Crippen molar-refractivity contribution in [1.82, 2.24) is 4.98 Å². The lowest BCUT2D eigenvalue weighted by atomic mass is 10.2. The van der Waals surface area contributed by atoms with Crippen LogP contribution in [-0.4, -0.2) is 4.98 Å². The Balaban J connectivity index is 1.94. The van der Waals surface area contributed by atoms with Crippen LogP contribution in [0.5, 0.6) is 0 Å². The number of fused-ring (bicyclic) bond motifs is 1. The first kappa shape index (κ1) is 11.9. The number of anilines is 3. The Labute approximate surface area is 115 Å². The average molecular weight is 274 g/mol. The van der Waals surface area contributed by atoms with Crippen LogP contribution in [0.2, 0.25) is 5.02 Å². The van der Waals surface area contributed by atoms with Gasteiger partial charge in [0.2, 0.25) is 0 Å². The molecular formula is C14H12ClN3O. The summed E-state index contributed by atoms with van der Waals surface area (Å²) in [5.74, 6) is 0. The molecule has 2 aromatic carbocycles. The number of benzene rings is 2. The number of nitrogen functional groups attached to an aromatic ring is 1. The number of aromatic nitrogens is 1. The highest BCUT2D eigenvalue weighted by molar-refractivity contribution is 6.31. The molecule has 96 valence electrons. The third kappa shape index (κ3) is 2.35. The third-order valence-corrected chi connectivity index (χ3v) is 3.24. The molecule has 3 N–H and O–H groups in total. The van der Waals surface area contributed by atoms with Gasteiger partial charge in [0.1, 0.15) is 5.52 Å². The standard InChI is InChI=1S/C14H12ClN3O/c1-8-2-4-10(7-11(8)15)17-14-18-12-6-9(16)3-5-13(12)19-14/h2-7H,16H2,1H3,(H,17,18). The van der Waals surface area contributed by atoms with Gasteiger partial charge in [-0.3, -0.25) is 0 Å². The molecule has 5 heteroatoms. The number of nitrogens with one attached hydrogen (secondary N) is 1. The number of rotatable bonds is 2. The molecule has 1 heterocycles. The van der Waals surface area contributed by atoms with E-state index in [0.717, 1.165) is 16.8 Å². The Hall–Kier alpha value is -2.20. The summed E-state index contributed by atoms with van der Waals surface area (Å²) in [7, 11) is 0. The molecule has 0 aliphatic rings. The first-order valence-electron chi connectivity index (χ1n) is 5.81. The number of hydrogen-bond donors (Lipinski definition) is 2. The first-order valence-corrected chi connectivity index (χ1v) is 6.19. The predicted molar refractivity (Wildman–Crippen MR) is 77.9 cm³/mol. The van der Waals surface area contributed by atoms with Crippen LogP contribution in [-0.2, 0) is 0 Å². The lowest BCUT2D eigenvalue weighted by Crippen LogP contribution is -1.90. The fourth-order valence-corrected chi connectivity index (χ4v) is 1.97. The summed E-state index contributed by atoms with van der Waals surface area (Å²) in [6.07, 6.45) is 0. The van der Waals surface area contributed by atoms with E-state index in [1.807, 2.05) is 25.1 Å². The molecule has 0 amide bonds. The Morgan fingerprint density at radius 1 is 1.21 bits per heavy atom. The molecule has 3 aromatic rings. The van der Waals surface area contributed by atoms with Gasteiger partial charge in [-0.2, -0.15) is 4.98 Å². The van der Waals surface area contributed by atoms with Crippen molar-refractivity contribution in [3.05, 3.63) is 47.0 Å². The Morgan fingerprint density at radius 2 is 2.05 bits per heavy atom. The molecular weight excluding hydrogens is 262 g/mol. The van der Waals surface area contributed by atoms with Crippen LogP contribution >= 0.6 is 11.6 Å². The molecule has 0 bridgehead atoms. The second kappa shape index (κ2) is 4.48. The largest absolute Gasteiger partial charge is 0.423 e. The maximum Gasteiger partial charge on any atom is 0.300 e. The molecule has 0 atom stereocenters. The highest BCUT2D eigenvalue weighted by Gasteiger charge is 2.06. The number of hydrogen-bond acceptors (Lipinski definition) is 4. The summed E-state index contributed by atoms with van der Waals surface area (Å²) in [5, 5.41) is 3.78. The van der Waals surface area contributed by atoms with Gasteiger partial charge in [0.15, 0.2) is 5.58 Å². The monoisotopic (exact) mass is 273 g/mol. The molecule has 0 saturated carbocycles. The SMILES string of the molecule is Cc1ccc(Nc2nc3cc(N)ccc3o2)cc1Cl. The zero-order valence-electron chi connectivity index (χ0n) is 10.3. The van der Waals surface area contributed by atoms with Crippen LogP contribution in [0.25, 0.3) is 11.1 Å².